The van der Waals surface area contributed by atoms with Gasteiger partial charge in [-0.15, -0.1) is 0 Å². The number of rotatable bonds is 6. The highest BCUT2D eigenvalue weighted by Crippen LogP contribution is 2.32. The van der Waals surface area contributed by atoms with Gasteiger partial charge < -0.3 is 0 Å². The summed E-state index contributed by atoms with van der Waals surface area (Å²) in [4.78, 5) is 0. The van der Waals surface area contributed by atoms with E-state index in [4.69, 9.17) is 0 Å². The van der Waals surface area contributed by atoms with E-state index < -0.39 is 0 Å². The van der Waals surface area contributed by atoms with Crippen LogP contribution in [0, 0.1) is 6.92 Å². The van der Waals surface area contributed by atoms with Crippen LogP contribution in [0.2, 0.25) is 0 Å². The molecule has 0 radical (unpaired) electrons. The van der Waals surface area contributed by atoms with Gasteiger partial charge in [0, 0.05) is 4.47 Å². The minimum Gasteiger partial charge on any atom is -0.0888 e. The maximum Gasteiger partial charge on any atom is 0.0212 e. The van der Waals surface area contributed by atoms with Crippen molar-refractivity contribution in [2.24, 2.45) is 0 Å². The van der Waals surface area contributed by atoms with Crippen LogP contribution in [0.4, 0.5) is 0 Å². The van der Waals surface area contributed by atoms with Gasteiger partial charge in [0.1, 0.15) is 0 Å². The Morgan fingerprint density at radius 2 is 2.00 bits per heavy atom. The third-order valence-corrected chi connectivity index (χ3v) is 3.74. The molecule has 0 aliphatic carbocycles. The van der Waals surface area contributed by atoms with Gasteiger partial charge in [-0.1, -0.05) is 60.5 Å². The molecule has 0 fully saturated rings. The minimum atomic E-state index is 0.651. The van der Waals surface area contributed by atoms with Gasteiger partial charge in [0.2, 0.25) is 0 Å². The van der Waals surface area contributed by atoms with E-state index in [1.165, 1.54) is 28.4 Å². The van der Waals surface area contributed by atoms with Crippen molar-refractivity contribution in [3.05, 3.63) is 46.0 Å². The van der Waals surface area contributed by atoms with Crippen LogP contribution in [0.25, 0.3) is 0 Å². The zero-order valence-electron chi connectivity index (χ0n) is 11.2. The standard InChI is InChI=1S/C16H23Br/c1-4-6-7-9-14(8-5-2)15-11-10-13(3)12-16(15)17/h6-7,10-12,14H,4-5,8-9H2,1-3H3/b7-6-. The van der Waals surface area contributed by atoms with E-state index in [1.54, 1.807) is 0 Å². The van der Waals surface area contributed by atoms with Crippen LogP contribution in [0.15, 0.2) is 34.8 Å². The molecule has 0 saturated heterocycles. The second-order valence-electron chi connectivity index (χ2n) is 4.63. The molecule has 0 saturated carbocycles. The van der Waals surface area contributed by atoms with Crippen molar-refractivity contribution in [2.45, 2.75) is 52.4 Å². The maximum absolute atomic E-state index is 3.70. The summed E-state index contributed by atoms with van der Waals surface area (Å²) >= 11 is 3.70. The lowest BCUT2D eigenvalue weighted by Gasteiger charge is -2.17. The zero-order chi connectivity index (χ0) is 12.7. The fraction of sp³-hybridized carbons (Fsp3) is 0.500. The smallest absolute Gasteiger partial charge is 0.0212 e. The number of allylic oxidation sites excluding steroid dienone is 2. The molecule has 17 heavy (non-hydrogen) atoms. The molecule has 0 aliphatic heterocycles. The third-order valence-electron chi connectivity index (χ3n) is 3.06. The van der Waals surface area contributed by atoms with E-state index in [0.717, 1.165) is 12.8 Å². The number of hydrogen-bond donors (Lipinski definition) is 0. The van der Waals surface area contributed by atoms with Crippen molar-refractivity contribution in [3.8, 4) is 0 Å². The molecule has 1 aromatic carbocycles. The molecule has 0 aliphatic rings. The van der Waals surface area contributed by atoms with E-state index in [2.05, 4.69) is 67.1 Å². The molecule has 0 N–H and O–H groups in total. The zero-order valence-corrected chi connectivity index (χ0v) is 12.8. The fourth-order valence-corrected chi connectivity index (χ4v) is 2.96. The summed E-state index contributed by atoms with van der Waals surface area (Å²) in [5.74, 6) is 0.651. The van der Waals surface area contributed by atoms with Gasteiger partial charge in [0.25, 0.3) is 0 Å². The molecule has 0 aromatic heterocycles. The number of aryl methyl sites for hydroxylation is 1. The van der Waals surface area contributed by atoms with E-state index >= 15 is 0 Å². The first-order valence-corrected chi connectivity index (χ1v) is 7.39. The highest BCUT2D eigenvalue weighted by atomic mass is 79.9. The van der Waals surface area contributed by atoms with E-state index in [9.17, 15) is 0 Å². The normalized spacial score (nSPS) is 13.2. The first-order chi connectivity index (χ1) is 8.19. The van der Waals surface area contributed by atoms with Gasteiger partial charge >= 0.3 is 0 Å². The average Bonchev–Trinajstić information content (AvgIpc) is 2.28. The second kappa shape index (κ2) is 7.71. The molecular weight excluding hydrogens is 272 g/mol. The molecule has 0 bridgehead atoms. The lowest BCUT2D eigenvalue weighted by molar-refractivity contribution is 0.618. The van der Waals surface area contributed by atoms with Crippen LogP contribution in [-0.2, 0) is 0 Å². The van der Waals surface area contributed by atoms with Crippen molar-refractivity contribution < 1.29 is 0 Å². The van der Waals surface area contributed by atoms with Crippen LogP contribution < -0.4 is 0 Å². The molecule has 0 spiro atoms. The summed E-state index contributed by atoms with van der Waals surface area (Å²) in [5.41, 5.74) is 2.78. The fourth-order valence-electron chi connectivity index (χ4n) is 2.14. The second-order valence-corrected chi connectivity index (χ2v) is 5.48. The van der Waals surface area contributed by atoms with Gasteiger partial charge in [-0.05, 0) is 49.3 Å². The summed E-state index contributed by atoms with van der Waals surface area (Å²) in [5, 5.41) is 0. The maximum atomic E-state index is 3.70. The van der Waals surface area contributed by atoms with Crippen molar-refractivity contribution >= 4 is 15.9 Å². The summed E-state index contributed by atoms with van der Waals surface area (Å²) in [7, 11) is 0. The molecule has 1 rings (SSSR count). The molecule has 0 amide bonds. The van der Waals surface area contributed by atoms with Gasteiger partial charge in [-0.3, -0.25) is 0 Å². The molecular formula is C16H23Br. The average molecular weight is 295 g/mol. The lowest BCUT2D eigenvalue weighted by atomic mass is 9.90. The highest BCUT2D eigenvalue weighted by Gasteiger charge is 2.12. The predicted octanol–water partition coefficient (Wildman–Crippen LogP) is 6.00. The Bertz CT molecular complexity index is 366. The molecule has 1 unspecified atom stereocenters. The van der Waals surface area contributed by atoms with Crippen molar-refractivity contribution in [3.63, 3.8) is 0 Å². The minimum absolute atomic E-state index is 0.651. The van der Waals surface area contributed by atoms with E-state index in [0.29, 0.717) is 5.92 Å². The molecule has 1 aromatic rings. The van der Waals surface area contributed by atoms with Gasteiger partial charge in [0.15, 0.2) is 0 Å². The number of benzene rings is 1. The molecule has 0 nitrogen and oxygen atoms in total. The van der Waals surface area contributed by atoms with Crippen molar-refractivity contribution in [1.29, 1.82) is 0 Å². The largest absolute Gasteiger partial charge is 0.0888 e. The van der Waals surface area contributed by atoms with E-state index in [-0.39, 0.29) is 0 Å². The van der Waals surface area contributed by atoms with Crippen LogP contribution >= 0.6 is 15.9 Å². The summed E-state index contributed by atoms with van der Waals surface area (Å²) in [6, 6.07) is 6.72. The van der Waals surface area contributed by atoms with Gasteiger partial charge in [-0.2, -0.15) is 0 Å². The first kappa shape index (κ1) is 14.5. The highest BCUT2D eigenvalue weighted by molar-refractivity contribution is 9.10. The Balaban J connectivity index is 2.84. The van der Waals surface area contributed by atoms with Crippen LogP contribution in [0.3, 0.4) is 0 Å². The molecule has 0 heterocycles. The number of halogens is 1. The quantitative estimate of drug-likeness (QED) is 0.565. The van der Waals surface area contributed by atoms with Gasteiger partial charge in [0.05, 0.1) is 0 Å². The summed E-state index contributed by atoms with van der Waals surface area (Å²) < 4.78 is 1.26. The number of hydrogen-bond acceptors (Lipinski definition) is 0. The van der Waals surface area contributed by atoms with Crippen molar-refractivity contribution in [2.75, 3.05) is 0 Å². The summed E-state index contributed by atoms with van der Waals surface area (Å²) in [6.45, 7) is 6.59. The Morgan fingerprint density at radius 1 is 1.24 bits per heavy atom. The Hall–Kier alpha value is -0.560. The van der Waals surface area contributed by atoms with Crippen molar-refractivity contribution in [1.82, 2.24) is 0 Å². The van der Waals surface area contributed by atoms with E-state index in [1.807, 2.05) is 0 Å². The van der Waals surface area contributed by atoms with Crippen LogP contribution in [-0.4, -0.2) is 0 Å². The Morgan fingerprint density at radius 3 is 2.59 bits per heavy atom. The molecule has 1 atom stereocenters. The Labute approximate surface area is 114 Å². The van der Waals surface area contributed by atoms with Crippen LogP contribution in [0.1, 0.15) is 56.6 Å². The SMILES string of the molecule is CC/C=C\CC(CCC)c1ccc(C)cc1Br. The summed E-state index contributed by atoms with van der Waals surface area (Å²) in [6.07, 6.45) is 9.38. The lowest BCUT2D eigenvalue weighted by Crippen LogP contribution is -1.99. The Kier molecular flexibility index (Phi) is 6.57. The van der Waals surface area contributed by atoms with Crippen LogP contribution in [0.5, 0.6) is 0 Å². The topological polar surface area (TPSA) is 0 Å². The molecule has 94 valence electrons. The first-order valence-electron chi connectivity index (χ1n) is 6.60. The predicted molar refractivity (Wildman–Crippen MR) is 80.6 cm³/mol. The van der Waals surface area contributed by atoms with Gasteiger partial charge in [-0.25, -0.2) is 0 Å². The third kappa shape index (κ3) is 4.67. The monoisotopic (exact) mass is 294 g/mol. The molecule has 1 heteroatoms.